The summed E-state index contributed by atoms with van der Waals surface area (Å²) >= 11 is 0. The summed E-state index contributed by atoms with van der Waals surface area (Å²) in [4.78, 5) is 230. The molecule has 0 radical (unpaired) electrons. The predicted octanol–water partition coefficient (Wildman–Crippen LogP) is -10.3. The number of aromatic amines is 1. The number of H-pyrrole nitrogens is 1. The third kappa shape index (κ3) is 29.9. The second-order valence-electron chi connectivity index (χ2n) is 26.6. The molecule has 3 rings (SSSR count). The number of aliphatic carboxylic acids is 1. The van der Waals surface area contributed by atoms with Crippen LogP contribution >= 0.6 is 0 Å². The first-order chi connectivity index (χ1) is 51.5. The van der Waals surface area contributed by atoms with Gasteiger partial charge in [-0.2, -0.15) is 0 Å². The summed E-state index contributed by atoms with van der Waals surface area (Å²) in [6.45, 7) is 2.55. The number of amides is 16. The molecule has 1 aromatic heterocycles. The number of carboxylic acid groups (broad SMARTS) is 1. The van der Waals surface area contributed by atoms with Gasteiger partial charge in [0.25, 0.3) is 0 Å². The van der Waals surface area contributed by atoms with Gasteiger partial charge in [0.05, 0.1) is 52.6 Å². The van der Waals surface area contributed by atoms with Gasteiger partial charge in [-0.1, -0.05) is 59.2 Å². The van der Waals surface area contributed by atoms with E-state index in [9.17, 15) is 117 Å². The Morgan fingerprint density at radius 1 is 0.514 bits per heavy atom. The number of rotatable bonds is 49. The van der Waals surface area contributed by atoms with Gasteiger partial charge >= 0.3 is 5.97 Å². The van der Waals surface area contributed by atoms with Gasteiger partial charge in [0.15, 0.2) is 0 Å². The number of nitrogens with one attached hydrogen (secondary N) is 14. The Morgan fingerprint density at radius 2 is 0.945 bits per heavy atom. The Hall–Kier alpha value is -10.5. The summed E-state index contributed by atoms with van der Waals surface area (Å²) < 4.78 is 0. The van der Waals surface area contributed by atoms with Crippen LogP contribution in [0.15, 0.2) is 30.5 Å². The van der Waals surface area contributed by atoms with Crippen molar-refractivity contribution in [2.75, 3.05) is 59.3 Å². The first-order valence-corrected chi connectivity index (χ1v) is 35.4. The average Bonchev–Trinajstić information content (AvgIpc) is 1.73. The molecule has 0 aliphatic carbocycles. The third-order valence-corrected chi connectivity index (χ3v) is 17.8. The van der Waals surface area contributed by atoms with Gasteiger partial charge in [0.2, 0.25) is 94.5 Å². The maximum atomic E-state index is 14.7. The highest BCUT2D eigenvalue weighted by Gasteiger charge is 2.40. The maximum Gasteiger partial charge on any atom is 0.303 e. The molecule has 27 N–H and O–H groups in total. The molecule has 1 unspecified atom stereocenters. The van der Waals surface area contributed by atoms with Crippen LogP contribution in [0.2, 0.25) is 0 Å². The van der Waals surface area contributed by atoms with E-state index in [4.69, 9.17) is 17.2 Å². The van der Waals surface area contributed by atoms with Crippen molar-refractivity contribution in [2.24, 2.45) is 35.0 Å². The molecule has 608 valence electrons. The van der Waals surface area contributed by atoms with Crippen molar-refractivity contribution < 1.29 is 117 Å². The lowest BCUT2D eigenvalue weighted by Crippen LogP contribution is -2.62. The fourth-order valence-electron chi connectivity index (χ4n) is 11.1. The molecule has 42 heteroatoms. The highest BCUT2D eigenvalue weighted by molar-refractivity contribution is 6.01. The lowest BCUT2D eigenvalue weighted by molar-refractivity contribution is -0.140. The summed E-state index contributed by atoms with van der Waals surface area (Å²) in [6.07, 6.45) is 0.951. The number of benzene rings is 1. The monoisotopic (exact) mass is 1550 g/mol. The zero-order valence-corrected chi connectivity index (χ0v) is 61.5. The molecule has 2 heterocycles. The number of primary amides is 2. The lowest BCUT2D eigenvalue weighted by Gasteiger charge is -2.28. The second kappa shape index (κ2) is 46.6. The van der Waals surface area contributed by atoms with E-state index >= 15 is 0 Å². The molecule has 0 bridgehead atoms. The molecule has 1 aliphatic heterocycles. The number of carbonyl (C=O) groups is 17. The minimum atomic E-state index is -1.97. The van der Waals surface area contributed by atoms with Gasteiger partial charge in [0.1, 0.15) is 78.5 Å². The quantitative estimate of drug-likeness (QED) is 0.0274. The number of hydrogen-bond acceptors (Lipinski definition) is 24. The topological polar surface area (TPSA) is 685 Å². The standard InChI is InChI=1S/C67H106N18O24/c1-7-33(4)34(5)55(97)74-40(17-18-53(94)95)58(100)77-42(22-36-24-71-38-14-9-8-13-37(36)38)61(103)76-41(21-32(2)3)60(102)75-39(15-10-11-19-68)57(99)78-43(23-51(69)92)59(101)73-35(6)56(98)72-25-52(93)85-20-12-16-50(85)67(109)84-49(31-91)66(108)83-48(30-90)65(107)82-47(29-89)64(106)81-46(28-88)63(105)80-45(27-87)62(104)79-44(26-86)54(70)96/h8-9,13-14,24,32-35,39-50,71,86-91H,7,10-12,15-23,25-31,68H2,1-6H3,(H2,69,92)(H2,70,96)(H,72,98)(H,73,101)(H,74,97)(H,75,102)(H,76,103)(H,77,100)(H,78,99)(H,79,104)(H,80,105)(H,81,106)(H,82,107)(H,83,108)(H,84,109)(H,94,95)/t33-,34?,35+,39-,40-,41-,42-,43-,44-,45-,46-,47-,48-,49-,50-/m0/s1. The number of fused-ring (bicyclic) bond motifs is 1. The van der Waals surface area contributed by atoms with E-state index in [0.29, 0.717) is 29.3 Å². The Morgan fingerprint density at radius 3 is 1.43 bits per heavy atom. The molecular weight excluding hydrogens is 1440 g/mol. The minimum Gasteiger partial charge on any atom is -0.481 e. The van der Waals surface area contributed by atoms with Crippen LogP contribution in [0.4, 0.5) is 0 Å². The number of nitrogens with zero attached hydrogens (tertiary/aromatic N) is 1. The zero-order chi connectivity index (χ0) is 81.9. The van der Waals surface area contributed by atoms with E-state index in [-0.39, 0.29) is 69.9 Å². The number of aliphatic hydroxyl groups is 6. The van der Waals surface area contributed by atoms with Gasteiger partial charge < -0.3 is 132 Å². The Labute approximate surface area is 626 Å². The van der Waals surface area contributed by atoms with Crippen LogP contribution in [0, 0.1) is 17.8 Å². The second-order valence-corrected chi connectivity index (χ2v) is 26.6. The Kier molecular flexibility index (Phi) is 39.6. The molecule has 42 nitrogen and oxygen atoms in total. The number of aliphatic hydroxyl groups excluding tert-OH is 6. The van der Waals surface area contributed by atoms with E-state index in [1.54, 1.807) is 51.2 Å². The fourth-order valence-corrected chi connectivity index (χ4v) is 11.1. The van der Waals surface area contributed by atoms with Crippen molar-refractivity contribution in [3.05, 3.63) is 36.0 Å². The Balaban J connectivity index is 1.72. The van der Waals surface area contributed by atoms with Crippen LogP contribution in [0.25, 0.3) is 10.9 Å². The van der Waals surface area contributed by atoms with E-state index in [2.05, 4.69) is 47.5 Å². The number of aromatic nitrogens is 1. The predicted molar refractivity (Wildman–Crippen MR) is 382 cm³/mol. The molecule has 1 saturated heterocycles. The first kappa shape index (κ1) is 92.7. The average molecular weight is 1550 g/mol. The van der Waals surface area contributed by atoms with Crippen molar-refractivity contribution in [2.45, 2.75) is 191 Å². The van der Waals surface area contributed by atoms with Crippen molar-refractivity contribution in [3.8, 4) is 0 Å². The van der Waals surface area contributed by atoms with Gasteiger partial charge in [-0.05, 0) is 81.9 Å². The third-order valence-electron chi connectivity index (χ3n) is 17.8. The molecule has 1 fully saturated rings. The van der Waals surface area contributed by atoms with E-state index in [1.807, 2.05) is 40.4 Å². The summed E-state index contributed by atoms with van der Waals surface area (Å²) in [5.41, 5.74) is 17.6. The molecule has 0 spiro atoms. The van der Waals surface area contributed by atoms with Crippen LogP contribution < -0.4 is 86.3 Å². The number of likely N-dealkylation sites (tertiary alicyclic amines) is 1. The van der Waals surface area contributed by atoms with E-state index in [0.717, 1.165) is 4.90 Å². The summed E-state index contributed by atoms with van der Waals surface area (Å²) in [5, 5.41) is 99.0. The maximum absolute atomic E-state index is 14.7. The number of unbranched alkanes of at least 4 members (excludes halogenated alkanes) is 1. The van der Waals surface area contributed by atoms with Gasteiger partial charge in [-0.15, -0.1) is 0 Å². The normalized spacial score (nSPS) is 16.5. The van der Waals surface area contributed by atoms with Crippen LogP contribution in [0.3, 0.4) is 0 Å². The first-order valence-electron chi connectivity index (χ1n) is 35.4. The smallest absolute Gasteiger partial charge is 0.303 e. The van der Waals surface area contributed by atoms with Gasteiger partial charge in [-0.25, -0.2) is 0 Å². The highest BCUT2D eigenvalue weighted by Crippen LogP contribution is 2.22. The molecule has 16 amide bonds. The molecular formula is C67H106N18O24. The number of hydrogen-bond donors (Lipinski definition) is 24. The molecule has 109 heavy (non-hydrogen) atoms. The van der Waals surface area contributed by atoms with Crippen LogP contribution in [0.1, 0.15) is 111 Å². The minimum absolute atomic E-state index is 0.0151. The molecule has 1 aliphatic rings. The van der Waals surface area contributed by atoms with Crippen molar-refractivity contribution >= 4 is 111 Å². The van der Waals surface area contributed by atoms with Crippen LogP contribution in [-0.4, -0.2) is 284 Å². The number of carbonyl (C=O) groups excluding carboxylic acids is 16. The number of para-hydroxylation sites is 1. The van der Waals surface area contributed by atoms with E-state index in [1.165, 1.54) is 6.92 Å². The highest BCUT2D eigenvalue weighted by atomic mass is 16.4. The lowest BCUT2D eigenvalue weighted by atomic mass is 9.92. The van der Waals surface area contributed by atoms with Crippen LogP contribution in [-0.2, 0) is 87.9 Å². The SMILES string of the molecule is CC[C@H](C)C(C)C(=O)N[C@@H](CCC(=O)O)C(=O)N[C@@H](Cc1c[nH]c2ccccc12)C(=O)N[C@@H](CC(C)C)C(=O)N[C@@H](CCCCN)C(=O)N[C@@H](CC(N)=O)C(=O)N[C@H](C)C(=O)NCC(=O)N1CCC[C@H]1C(=O)N[C@@H](CO)C(=O)N[C@@H](CO)C(=O)N[C@@H](CO)C(=O)N[C@@H](CO)C(=O)N[C@@H](CO)C(=O)N[C@@H](CO)C(N)=O. The summed E-state index contributed by atoms with van der Waals surface area (Å²) in [7, 11) is 0. The molecule has 0 saturated carbocycles. The van der Waals surface area contributed by atoms with Gasteiger partial charge in [-0.3, -0.25) is 81.5 Å². The van der Waals surface area contributed by atoms with Gasteiger partial charge in [0, 0.05) is 42.4 Å². The Bertz CT molecular complexity index is 3510. The largest absolute Gasteiger partial charge is 0.481 e. The van der Waals surface area contributed by atoms with Crippen LogP contribution in [0.5, 0.6) is 0 Å². The summed E-state index contributed by atoms with van der Waals surface area (Å²) in [6, 6.07) is -14.5. The number of carboxylic acids is 1. The number of nitrogens with two attached hydrogens (primary N) is 3. The van der Waals surface area contributed by atoms with E-state index < -0.39 is 244 Å². The fraction of sp³-hybridized carbons (Fsp3) is 0.627. The zero-order valence-electron chi connectivity index (χ0n) is 61.5. The molecule has 1 aromatic carbocycles. The molecule has 2 aromatic rings. The summed E-state index contributed by atoms with van der Waals surface area (Å²) in [5.74, 6) is -19.3. The van der Waals surface area contributed by atoms with Crippen molar-refractivity contribution in [3.63, 3.8) is 0 Å². The van der Waals surface area contributed by atoms with Crippen molar-refractivity contribution in [1.29, 1.82) is 0 Å². The molecule has 15 atom stereocenters. The van der Waals surface area contributed by atoms with Crippen molar-refractivity contribution in [1.82, 2.24) is 79.0 Å².